The number of carbonyl (C=O) groups is 1. The van der Waals surface area contributed by atoms with Crippen LogP contribution in [0.3, 0.4) is 0 Å². The molecule has 1 aromatic rings. The lowest BCUT2D eigenvalue weighted by molar-refractivity contribution is -0.118. The van der Waals surface area contributed by atoms with Crippen molar-refractivity contribution >= 4 is 35.2 Å². The van der Waals surface area contributed by atoms with Crippen LogP contribution >= 0.6 is 23.2 Å². The minimum absolute atomic E-state index is 0.105. The fourth-order valence-corrected chi connectivity index (χ4v) is 1.97. The Hall–Kier alpha value is -1.03. The highest BCUT2D eigenvalue weighted by Crippen LogP contribution is 2.19. The number of amides is 1. The minimum Gasteiger partial charge on any atom is -0.394 e. The van der Waals surface area contributed by atoms with Crippen molar-refractivity contribution in [2.24, 2.45) is 0 Å². The molecule has 0 aromatic heterocycles. The lowest BCUT2D eigenvalue weighted by Crippen LogP contribution is -2.47. The maximum absolute atomic E-state index is 11.7. The number of rotatable bonds is 5. The Kier molecular flexibility index (Phi) is 5.85. The molecule has 0 heterocycles. The van der Waals surface area contributed by atoms with E-state index in [9.17, 15) is 9.90 Å². The number of hydrogen-bond acceptors (Lipinski definition) is 2. The van der Waals surface area contributed by atoms with Crippen LogP contribution in [0.25, 0.3) is 6.08 Å². The summed E-state index contributed by atoms with van der Waals surface area (Å²) in [5, 5.41) is 13.0. The van der Waals surface area contributed by atoms with Gasteiger partial charge in [0.1, 0.15) is 0 Å². The average Bonchev–Trinajstić information content (AvgIpc) is 2.35. The van der Waals surface area contributed by atoms with Gasteiger partial charge in [0, 0.05) is 16.1 Å². The van der Waals surface area contributed by atoms with Crippen molar-refractivity contribution in [3.8, 4) is 0 Å². The summed E-state index contributed by atoms with van der Waals surface area (Å²) in [5.74, 6) is -0.269. The van der Waals surface area contributed by atoms with Crippen molar-refractivity contribution < 1.29 is 9.90 Å². The van der Waals surface area contributed by atoms with E-state index in [0.29, 0.717) is 16.5 Å². The molecule has 104 valence electrons. The molecular weight excluding hydrogens is 285 g/mol. The zero-order valence-corrected chi connectivity index (χ0v) is 12.4. The van der Waals surface area contributed by atoms with Crippen LogP contribution < -0.4 is 5.32 Å². The number of halogens is 2. The summed E-state index contributed by atoms with van der Waals surface area (Å²) >= 11 is 11.7. The molecule has 0 aliphatic heterocycles. The van der Waals surface area contributed by atoms with Crippen LogP contribution in [0.2, 0.25) is 10.0 Å². The maximum Gasteiger partial charge on any atom is 0.244 e. The highest BCUT2D eigenvalue weighted by molar-refractivity contribution is 6.34. The SMILES string of the molecule is CCC(C)(CO)NC(=O)C=Cc1cc(Cl)cc(Cl)c1. The van der Waals surface area contributed by atoms with E-state index >= 15 is 0 Å². The largest absolute Gasteiger partial charge is 0.394 e. The van der Waals surface area contributed by atoms with E-state index in [1.165, 1.54) is 6.08 Å². The molecule has 2 N–H and O–H groups in total. The summed E-state index contributed by atoms with van der Waals surface area (Å²) in [4.78, 5) is 11.7. The van der Waals surface area contributed by atoms with E-state index < -0.39 is 5.54 Å². The Bertz CT molecular complexity index is 462. The number of benzene rings is 1. The van der Waals surface area contributed by atoms with Gasteiger partial charge in [0.2, 0.25) is 5.91 Å². The average molecular weight is 302 g/mol. The van der Waals surface area contributed by atoms with Crippen molar-refractivity contribution in [1.29, 1.82) is 0 Å². The third-order valence-corrected chi connectivity index (χ3v) is 3.30. The Morgan fingerprint density at radius 3 is 2.42 bits per heavy atom. The monoisotopic (exact) mass is 301 g/mol. The number of nitrogens with one attached hydrogen (secondary N) is 1. The van der Waals surface area contributed by atoms with E-state index in [1.54, 1.807) is 31.2 Å². The third-order valence-electron chi connectivity index (χ3n) is 2.87. The van der Waals surface area contributed by atoms with Gasteiger partial charge < -0.3 is 10.4 Å². The number of hydrogen-bond donors (Lipinski definition) is 2. The molecule has 1 aromatic carbocycles. The first-order valence-corrected chi connectivity index (χ1v) is 6.71. The van der Waals surface area contributed by atoms with Gasteiger partial charge in [-0.3, -0.25) is 4.79 Å². The van der Waals surface area contributed by atoms with Gasteiger partial charge in [0.15, 0.2) is 0 Å². The quantitative estimate of drug-likeness (QED) is 0.820. The van der Waals surface area contributed by atoms with Gasteiger partial charge >= 0.3 is 0 Å². The first kappa shape index (κ1) is 16.0. The lowest BCUT2D eigenvalue weighted by Gasteiger charge is -2.26. The summed E-state index contributed by atoms with van der Waals surface area (Å²) in [7, 11) is 0. The van der Waals surface area contributed by atoms with Crippen LogP contribution in [0, 0.1) is 0 Å². The molecule has 0 radical (unpaired) electrons. The van der Waals surface area contributed by atoms with E-state index in [1.807, 2.05) is 6.92 Å². The van der Waals surface area contributed by atoms with Gasteiger partial charge in [-0.05, 0) is 43.2 Å². The van der Waals surface area contributed by atoms with Crippen LogP contribution in [-0.4, -0.2) is 23.2 Å². The highest BCUT2D eigenvalue weighted by atomic mass is 35.5. The smallest absolute Gasteiger partial charge is 0.244 e. The normalized spacial score (nSPS) is 14.4. The Balaban J connectivity index is 2.73. The van der Waals surface area contributed by atoms with Crippen LogP contribution in [0.4, 0.5) is 0 Å². The second kappa shape index (κ2) is 6.94. The molecule has 5 heteroatoms. The van der Waals surface area contributed by atoms with Gasteiger partial charge in [0.05, 0.1) is 12.1 Å². The van der Waals surface area contributed by atoms with Crippen molar-refractivity contribution in [3.05, 3.63) is 39.9 Å². The summed E-state index contributed by atoms with van der Waals surface area (Å²) < 4.78 is 0. The molecule has 0 aliphatic rings. The summed E-state index contributed by atoms with van der Waals surface area (Å²) in [6, 6.07) is 5.05. The third kappa shape index (κ3) is 5.23. The minimum atomic E-state index is -0.604. The molecule has 1 amide bonds. The molecule has 19 heavy (non-hydrogen) atoms. The van der Waals surface area contributed by atoms with E-state index in [2.05, 4.69) is 5.32 Å². The summed E-state index contributed by atoms with van der Waals surface area (Å²) in [6.45, 7) is 3.58. The van der Waals surface area contributed by atoms with E-state index in [0.717, 1.165) is 5.56 Å². The molecule has 0 fully saturated rings. The lowest BCUT2D eigenvalue weighted by atomic mass is 10.0. The molecule has 3 nitrogen and oxygen atoms in total. The molecule has 1 unspecified atom stereocenters. The molecular formula is C14H17Cl2NO2. The Labute approximate surface area is 123 Å². The van der Waals surface area contributed by atoms with Crippen molar-refractivity contribution in [2.45, 2.75) is 25.8 Å². The highest BCUT2D eigenvalue weighted by Gasteiger charge is 2.21. The van der Waals surface area contributed by atoms with Crippen LogP contribution in [0.1, 0.15) is 25.8 Å². The fourth-order valence-electron chi connectivity index (χ4n) is 1.42. The van der Waals surface area contributed by atoms with Crippen molar-refractivity contribution in [1.82, 2.24) is 5.32 Å². The van der Waals surface area contributed by atoms with Gasteiger partial charge in [0.25, 0.3) is 0 Å². The Morgan fingerprint density at radius 1 is 1.37 bits per heavy atom. The van der Waals surface area contributed by atoms with Crippen LogP contribution in [0.15, 0.2) is 24.3 Å². The predicted molar refractivity (Wildman–Crippen MR) is 79.4 cm³/mol. The van der Waals surface area contributed by atoms with Crippen LogP contribution in [0.5, 0.6) is 0 Å². The molecule has 0 saturated carbocycles. The predicted octanol–water partition coefficient (Wildman–Crippen LogP) is 3.28. The second-order valence-electron chi connectivity index (χ2n) is 4.60. The zero-order chi connectivity index (χ0) is 14.5. The van der Waals surface area contributed by atoms with Crippen molar-refractivity contribution in [2.75, 3.05) is 6.61 Å². The second-order valence-corrected chi connectivity index (χ2v) is 5.47. The van der Waals surface area contributed by atoms with Crippen molar-refractivity contribution in [3.63, 3.8) is 0 Å². The van der Waals surface area contributed by atoms with Gasteiger partial charge in [-0.15, -0.1) is 0 Å². The van der Waals surface area contributed by atoms with Gasteiger partial charge in [-0.25, -0.2) is 0 Å². The van der Waals surface area contributed by atoms with Crippen LogP contribution in [-0.2, 0) is 4.79 Å². The first-order chi connectivity index (χ1) is 8.88. The molecule has 1 rings (SSSR count). The van der Waals surface area contributed by atoms with E-state index in [4.69, 9.17) is 23.2 Å². The molecule has 1 atom stereocenters. The first-order valence-electron chi connectivity index (χ1n) is 5.96. The standard InChI is InChI=1S/C14H17Cl2NO2/c1-3-14(2,9-18)17-13(19)5-4-10-6-11(15)8-12(16)7-10/h4-8,18H,3,9H2,1-2H3,(H,17,19). The Morgan fingerprint density at radius 2 is 1.95 bits per heavy atom. The summed E-state index contributed by atoms with van der Waals surface area (Å²) in [6.07, 6.45) is 3.66. The molecule has 0 saturated heterocycles. The number of aliphatic hydroxyl groups is 1. The molecule has 0 aliphatic carbocycles. The summed E-state index contributed by atoms with van der Waals surface area (Å²) in [5.41, 5.74) is 0.141. The maximum atomic E-state index is 11.7. The van der Waals surface area contributed by atoms with Gasteiger partial charge in [-0.1, -0.05) is 30.1 Å². The number of carbonyl (C=O) groups excluding carboxylic acids is 1. The van der Waals surface area contributed by atoms with E-state index in [-0.39, 0.29) is 12.5 Å². The van der Waals surface area contributed by atoms with Gasteiger partial charge in [-0.2, -0.15) is 0 Å². The molecule has 0 spiro atoms. The molecule has 0 bridgehead atoms. The topological polar surface area (TPSA) is 49.3 Å². The fraction of sp³-hybridized carbons (Fsp3) is 0.357. The zero-order valence-electron chi connectivity index (χ0n) is 10.9. The number of aliphatic hydroxyl groups excluding tert-OH is 1.